The van der Waals surface area contributed by atoms with Crippen molar-refractivity contribution in [2.45, 2.75) is 18.9 Å². The van der Waals surface area contributed by atoms with E-state index in [1.54, 1.807) is 17.5 Å². The van der Waals surface area contributed by atoms with Crippen LogP contribution in [-0.2, 0) is 0 Å². The molecular weight excluding hydrogens is 332 g/mol. The number of aliphatic hydroxyl groups is 1. The molecule has 4 rings (SSSR count). The summed E-state index contributed by atoms with van der Waals surface area (Å²) in [5, 5.41) is 21.0. The minimum atomic E-state index is -0.387. The van der Waals surface area contributed by atoms with Gasteiger partial charge in [-0.15, -0.1) is 10.2 Å². The van der Waals surface area contributed by atoms with Crippen molar-refractivity contribution in [1.29, 1.82) is 0 Å². The van der Waals surface area contributed by atoms with Crippen LogP contribution in [0.25, 0.3) is 10.7 Å². The van der Waals surface area contributed by atoms with Crippen molar-refractivity contribution < 1.29 is 5.11 Å². The molecule has 2 aromatic heterocycles. The molecular formula is C19H20N4OS. The van der Waals surface area contributed by atoms with E-state index in [4.69, 9.17) is 0 Å². The summed E-state index contributed by atoms with van der Waals surface area (Å²) >= 11 is 1.58. The molecule has 6 heteroatoms. The van der Waals surface area contributed by atoms with E-state index < -0.39 is 0 Å². The quantitative estimate of drug-likeness (QED) is 0.778. The molecule has 0 bridgehead atoms. The Hall–Kier alpha value is -2.31. The maximum atomic E-state index is 10.6. The van der Waals surface area contributed by atoms with Crippen LogP contribution in [0, 0.1) is 5.92 Å². The van der Waals surface area contributed by atoms with Gasteiger partial charge in [-0.1, -0.05) is 47.7 Å². The molecule has 1 aliphatic heterocycles. The van der Waals surface area contributed by atoms with Gasteiger partial charge in [0.25, 0.3) is 0 Å². The average Bonchev–Trinajstić information content (AvgIpc) is 3.19. The predicted octanol–water partition coefficient (Wildman–Crippen LogP) is 3.55. The van der Waals surface area contributed by atoms with E-state index >= 15 is 0 Å². The lowest BCUT2D eigenvalue weighted by Gasteiger charge is -2.33. The van der Waals surface area contributed by atoms with Crippen LogP contribution in [0.3, 0.4) is 0 Å². The molecule has 25 heavy (non-hydrogen) atoms. The maximum Gasteiger partial charge on any atom is 0.208 e. The second kappa shape index (κ2) is 7.29. The van der Waals surface area contributed by atoms with Crippen molar-refractivity contribution in [2.24, 2.45) is 5.92 Å². The van der Waals surface area contributed by atoms with Crippen molar-refractivity contribution in [3.05, 3.63) is 60.3 Å². The Morgan fingerprint density at radius 3 is 2.48 bits per heavy atom. The van der Waals surface area contributed by atoms with E-state index in [2.05, 4.69) is 20.1 Å². The van der Waals surface area contributed by atoms with Crippen molar-refractivity contribution in [1.82, 2.24) is 15.2 Å². The molecule has 0 radical (unpaired) electrons. The lowest BCUT2D eigenvalue weighted by Crippen LogP contribution is -2.35. The van der Waals surface area contributed by atoms with Gasteiger partial charge in [-0.05, 0) is 36.5 Å². The summed E-state index contributed by atoms with van der Waals surface area (Å²) in [7, 11) is 0. The molecule has 128 valence electrons. The Balaban J connectivity index is 1.40. The van der Waals surface area contributed by atoms with E-state index in [1.165, 1.54) is 0 Å². The number of pyridine rings is 1. The molecule has 1 unspecified atom stereocenters. The Labute approximate surface area is 151 Å². The molecule has 0 aliphatic carbocycles. The molecule has 1 aliphatic rings. The summed E-state index contributed by atoms with van der Waals surface area (Å²) in [6.07, 6.45) is 3.29. The minimum Gasteiger partial charge on any atom is -0.388 e. The Bertz CT molecular complexity index is 801. The maximum absolute atomic E-state index is 10.6. The first kappa shape index (κ1) is 16.2. The zero-order valence-electron chi connectivity index (χ0n) is 13.8. The van der Waals surface area contributed by atoms with Crippen molar-refractivity contribution >= 4 is 16.5 Å². The molecule has 0 amide bonds. The smallest absolute Gasteiger partial charge is 0.208 e. The zero-order chi connectivity index (χ0) is 17.1. The minimum absolute atomic E-state index is 0.293. The lowest BCUT2D eigenvalue weighted by molar-refractivity contribution is 0.0929. The van der Waals surface area contributed by atoms with Gasteiger partial charge in [0.2, 0.25) is 5.13 Å². The largest absolute Gasteiger partial charge is 0.388 e. The highest BCUT2D eigenvalue weighted by molar-refractivity contribution is 7.18. The van der Waals surface area contributed by atoms with Gasteiger partial charge in [-0.25, -0.2) is 0 Å². The Kier molecular flexibility index (Phi) is 4.72. The highest BCUT2D eigenvalue weighted by Crippen LogP contribution is 2.34. The van der Waals surface area contributed by atoms with Crippen LogP contribution in [0.2, 0.25) is 0 Å². The number of piperidine rings is 1. The molecule has 0 spiro atoms. The third-order valence-corrected chi connectivity index (χ3v) is 5.70. The predicted molar refractivity (Wildman–Crippen MR) is 99.5 cm³/mol. The van der Waals surface area contributed by atoms with Crippen LogP contribution < -0.4 is 4.90 Å². The fraction of sp³-hybridized carbons (Fsp3) is 0.316. The number of aliphatic hydroxyl groups excluding tert-OH is 1. The van der Waals surface area contributed by atoms with E-state index in [-0.39, 0.29) is 6.10 Å². The number of anilines is 1. The van der Waals surface area contributed by atoms with Gasteiger partial charge >= 0.3 is 0 Å². The van der Waals surface area contributed by atoms with E-state index in [0.717, 1.165) is 47.3 Å². The molecule has 1 fully saturated rings. The first-order valence-corrected chi connectivity index (χ1v) is 9.36. The molecule has 1 saturated heterocycles. The Morgan fingerprint density at radius 2 is 1.76 bits per heavy atom. The normalized spacial score (nSPS) is 16.8. The standard InChI is InChI=1S/C19H20N4OS/c24-17(14-6-2-1-3-7-14)15-9-12-23(13-10-15)19-22-21-18(25-19)16-8-4-5-11-20-16/h1-8,11,15,17,24H,9-10,12-13H2. The number of nitrogens with zero attached hydrogens (tertiary/aromatic N) is 4. The molecule has 1 atom stereocenters. The summed E-state index contributed by atoms with van der Waals surface area (Å²) in [5.74, 6) is 0.293. The highest BCUT2D eigenvalue weighted by atomic mass is 32.1. The van der Waals surface area contributed by atoms with Gasteiger partial charge in [-0.2, -0.15) is 0 Å². The molecule has 1 N–H and O–H groups in total. The van der Waals surface area contributed by atoms with E-state index in [9.17, 15) is 5.11 Å². The van der Waals surface area contributed by atoms with Gasteiger partial charge in [0.1, 0.15) is 5.69 Å². The Morgan fingerprint density at radius 1 is 1.00 bits per heavy atom. The lowest BCUT2D eigenvalue weighted by atomic mass is 9.87. The molecule has 3 aromatic rings. The van der Waals surface area contributed by atoms with E-state index in [1.807, 2.05) is 48.5 Å². The van der Waals surface area contributed by atoms with Crippen LogP contribution in [0.1, 0.15) is 24.5 Å². The van der Waals surface area contributed by atoms with Crippen LogP contribution in [0.5, 0.6) is 0 Å². The second-order valence-electron chi connectivity index (χ2n) is 6.28. The number of benzene rings is 1. The molecule has 0 saturated carbocycles. The topological polar surface area (TPSA) is 62.1 Å². The number of aromatic nitrogens is 3. The number of hydrogen-bond donors (Lipinski definition) is 1. The first-order valence-electron chi connectivity index (χ1n) is 8.54. The number of rotatable bonds is 4. The highest BCUT2D eigenvalue weighted by Gasteiger charge is 2.27. The first-order chi connectivity index (χ1) is 12.3. The van der Waals surface area contributed by atoms with Gasteiger partial charge in [0.05, 0.1) is 6.10 Å². The third kappa shape index (κ3) is 3.55. The fourth-order valence-electron chi connectivity index (χ4n) is 3.26. The average molecular weight is 352 g/mol. The summed E-state index contributed by atoms with van der Waals surface area (Å²) < 4.78 is 0. The van der Waals surface area contributed by atoms with Crippen molar-refractivity contribution in [3.63, 3.8) is 0 Å². The van der Waals surface area contributed by atoms with Gasteiger partial charge in [0.15, 0.2) is 5.01 Å². The number of hydrogen-bond acceptors (Lipinski definition) is 6. The summed E-state index contributed by atoms with van der Waals surface area (Å²) in [6.45, 7) is 1.79. The van der Waals surface area contributed by atoms with E-state index in [0.29, 0.717) is 5.92 Å². The summed E-state index contributed by atoms with van der Waals surface area (Å²) in [6, 6.07) is 15.7. The zero-order valence-corrected chi connectivity index (χ0v) is 14.6. The third-order valence-electron chi connectivity index (χ3n) is 4.70. The molecule has 5 nitrogen and oxygen atoms in total. The van der Waals surface area contributed by atoms with Crippen LogP contribution in [0.4, 0.5) is 5.13 Å². The summed E-state index contributed by atoms with van der Waals surface area (Å²) in [4.78, 5) is 6.59. The molecule has 3 heterocycles. The monoisotopic (exact) mass is 352 g/mol. The van der Waals surface area contributed by atoms with Crippen LogP contribution >= 0.6 is 11.3 Å². The van der Waals surface area contributed by atoms with Crippen molar-refractivity contribution in [3.8, 4) is 10.7 Å². The molecule has 1 aromatic carbocycles. The van der Waals surface area contributed by atoms with Gasteiger partial charge < -0.3 is 10.0 Å². The van der Waals surface area contributed by atoms with Crippen LogP contribution in [-0.4, -0.2) is 33.4 Å². The van der Waals surface area contributed by atoms with Crippen molar-refractivity contribution in [2.75, 3.05) is 18.0 Å². The van der Waals surface area contributed by atoms with Crippen LogP contribution in [0.15, 0.2) is 54.7 Å². The SMILES string of the molecule is OC(c1ccccc1)C1CCN(c2nnc(-c3ccccn3)s2)CC1. The van der Waals surface area contributed by atoms with Gasteiger partial charge in [0, 0.05) is 19.3 Å². The summed E-state index contributed by atoms with van der Waals surface area (Å²) in [5.41, 5.74) is 1.87. The second-order valence-corrected chi connectivity index (χ2v) is 7.24. The van der Waals surface area contributed by atoms with Gasteiger partial charge in [-0.3, -0.25) is 4.98 Å². The fourth-order valence-corrected chi connectivity index (χ4v) is 4.14.